The van der Waals surface area contributed by atoms with Crippen LogP contribution in [0.2, 0.25) is 0 Å². The fourth-order valence-electron chi connectivity index (χ4n) is 5.15. The molecule has 3 aromatic rings. The van der Waals surface area contributed by atoms with Crippen LogP contribution in [0, 0.1) is 0 Å². The third-order valence-corrected chi connectivity index (χ3v) is 7.02. The summed E-state index contributed by atoms with van der Waals surface area (Å²) in [5.41, 5.74) is 4.15. The van der Waals surface area contributed by atoms with Crippen molar-refractivity contribution in [3.8, 4) is 0 Å². The third kappa shape index (κ3) is 3.80. The maximum atomic E-state index is 13.2. The summed E-state index contributed by atoms with van der Waals surface area (Å²) in [6.07, 6.45) is 10.1. The molecule has 0 saturated carbocycles. The highest BCUT2D eigenvalue weighted by Gasteiger charge is 2.39. The number of H-pyrrole nitrogens is 1. The van der Waals surface area contributed by atoms with Crippen LogP contribution in [-0.4, -0.2) is 69.1 Å². The third-order valence-electron chi connectivity index (χ3n) is 7.02. The molecular weight excluding hydrogens is 414 g/mol. The molecule has 2 bridgehead atoms. The molecule has 0 aliphatic carbocycles. The Balaban J connectivity index is 1.21. The number of nitrogens with zero attached hydrogens (tertiary/aromatic N) is 5. The van der Waals surface area contributed by atoms with Crippen LogP contribution in [0.1, 0.15) is 41.9 Å². The second-order valence-electron chi connectivity index (χ2n) is 9.11. The summed E-state index contributed by atoms with van der Waals surface area (Å²) in [5, 5.41) is 4.27. The van der Waals surface area contributed by atoms with Crippen molar-refractivity contribution in [1.29, 1.82) is 0 Å². The summed E-state index contributed by atoms with van der Waals surface area (Å²) in [7, 11) is 2.18. The summed E-state index contributed by atoms with van der Waals surface area (Å²) in [6, 6.07) is 10.8. The van der Waals surface area contributed by atoms with Crippen LogP contribution in [0.3, 0.4) is 0 Å². The van der Waals surface area contributed by atoms with Gasteiger partial charge in [-0.25, -0.2) is 9.97 Å². The SMILES string of the molecule is CN1C2CC[C@@H]1CN(C(=O)c1cc3cc(Nc4nccc(C5=CCCC=N5)n4)ccc3[nH]1)C2. The van der Waals surface area contributed by atoms with E-state index in [4.69, 9.17) is 0 Å². The van der Waals surface area contributed by atoms with Gasteiger partial charge in [-0.05, 0) is 63.1 Å². The molecule has 2 atom stereocenters. The van der Waals surface area contributed by atoms with Crippen molar-refractivity contribution < 1.29 is 4.79 Å². The summed E-state index contributed by atoms with van der Waals surface area (Å²) in [6.45, 7) is 1.62. The molecule has 33 heavy (non-hydrogen) atoms. The molecule has 3 aliphatic rings. The van der Waals surface area contributed by atoms with Crippen LogP contribution >= 0.6 is 0 Å². The lowest BCUT2D eigenvalue weighted by atomic mass is 10.2. The van der Waals surface area contributed by atoms with Gasteiger partial charge in [-0.3, -0.25) is 14.7 Å². The highest BCUT2D eigenvalue weighted by molar-refractivity contribution is 5.99. The van der Waals surface area contributed by atoms with Crippen LogP contribution in [0.15, 0.2) is 47.6 Å². The first-order valence-electron chi connectivity index (χ1n) is 11.6. The van der Waals surface area contributed by atoms with Crippen molar-refractivity contribution in [1.82, 2.24) is 24.8 Å². The molecule has 0 spiro atoms. The van der Waals surface area contributed by atoms with Crippen LogP contribution in [0.5, 0.6) is 0 Å². The number of aromatic amines is 1. The number of amides is 1. The minimum atomic E-state index is 0.0862. The maximum Gasteiger partial charge on any atom is 0.270 e. The molecule has 2 aromatic heterocycles. The fourth-order valence-corrected chi connectivity index (χ4v) is 5.15. The predicted molar refractivity (Wildman–Crippen MR) is 130 cm³/mol. The number of benzene rings is 1. The van der Waals surface area contributed by atoms with Gasteiger partial charge in [0, 0.05) is 54.2 Å². The van der Waals surface area contributed by atoms with E-state index in [0.29, 0.717) is 23.7 Å². The first-order valence-corrected chi connectivity index (χ1v) is 11.6. The topological polar surface area (TPSA) is 89.5 Å². The van der Waals surface area contributed by atoms with E-state index in [1.54, 1.807) is 6.20 Å². The molecule has 1 amide bonds. The molecule has 6 rings (SSSR count). The Morgan fingerprint density at radius 1 is 1.12 bits per heavy atom. The lowest BCUT2D eigenvalue weighted by Crippen LogP contribution is -2.53. The van der Waals surface area contributed by atoms with Gasteiger partial charge in [0.2, 0.25) is 5.95 Å². The van der Waals surface area contributed by atoms with Gasteiger partial charge in [-0.2, -0.15) is 0 Å². The minimum absolute atomic E-state index is 0.0862. The number of likely N-dealkylation sites (tertiary alicyclic amines) is 1. The van der Waals surface area contributed by atoms with Gasteiger partial charge in [0.05, 0.1) is 11.4 Å². The number of fused-ring (bicyclic) bond motifs is 3. The van der Waals surface area contributed by atoms with E-state index >= 15 is 0 Å². The number of aliphatic imine (C=N–C) groups is 1. The van der Waals surface area contributed by atoms with Crippen molar-refractivity contribution in [3.05, 3.63) is 54.0 Å². The van der Waals surface area contributed by atoms with Gasteiger partial charge in [-0.1, -0.05) is 6.08 Å². The molecule has 2 saturated heterocycles. The first kappa shape index (κ1) is 20.1. The van der Waals surface area contributed by atoms with E-state index in [1.807, 2.05) is 41.4 Å². The van der Waals surface area contributed by atoms with Crippen molar-refractivity contribution in [2.75, 3.05) is 25.5 Å². The Labute approximate surface area is 192 Å². The largest absolute Gasteiger partial charge is 0.351 e. The van der Waals surface area contributed by atoms with Crippen LogP contribution in [0.25, 0.3) is 16.6 Å². The smallest absolute Gasteiger partial charge is 0.270 e. The van der Waals surface area contributed by atoms with E-state index in [0.717, 1.165) is 53.9 Å². The zero-order valence-corrected chi connectivity index (χ0v) is 18.7. The first-order chi connectivity index (χ1) is 16.1. The number of carbonyl (C=O) groups is 1. The van der Waals surface area contributed by atoms with Crippen molar-refractivity contribution >= 4 is 40.4 Å². The summed E-state index contributed by atoms with van der Waals surface area (Å²) in [4.78, 5) is 34.3. The highest BCUT2D eigenvalue weighted by Crippen LogP contribution is 2.30. The van der Waals surface area contributed by atoms with E-state index in [-0.39, 0.29) is 5.91 Å². The summed E-state index contributed by atoms with van der Waals surface area (Å²) in [5.74, 6) is 0.608. The monoisotopic (exact) mass is 441 g/mol. The molecule has 0 radical (unpaired) electrons. The van der Waals surface area contributed by atoms with Gasteiger partial charge < -0.3 is 15.2 Å². The quantitative estimate of drug-likeness (QED) is 0.642. The number of allylic oxidation sites excluding steroid dienone is 1. The lowest BCUT2D eigenvalue weighted by molar-refractivity contribution is 0.0519. The van der Waals surface area contributed by atoms with Crippen LogP contribution in [-0.2, 0) is 0 Å². The number of anilines is 2. The Morgan fingerprint density at radius 2 is 1.97 bits per heavy atom. The Morgan fingerprint density at radius 3 is 2.76 bits per heavy atom. The van der Waals surface area contributed by atoms with E-state index in [2.05, 4.69) is 43.3 Å². The standard InChI is InChI=1S/C25H27N7O/c1-31-18-6-7-19(31)15-32(14-18)24(33)23-13-16-12-17(5-8-20(16)29-23)28-25-27-11-9-22(30-25)21-4-2-3-10-26-21/h4-5,8-13,18-19,29H,2-3,6-7,14-15H2,1H3,(H,27,28,30)/t18-,19?/m1/s1. The van der Waals surface area contributed by atoms with Gasteiger partial charge in [0.25, 0.3) is 5.91 Å². The Kier molecular flexibility index (Phi) is 4.95. The molecule has 8 heteroatoms. The van der Waals surface area contributed by atoms with Gasteiger partial charge in [-0.15, -0.1) is 0 Å². The Bertz CT molecular complexity index is 1260. The second kappa shape index (κ2) is 8.12. The highest BCUT2D eigenvalue weighted by atomic mass is 16.2. The number of likely N-dealkylation sites (N-methyl/N-ethyl adjacent to an activating group) is 1. The zero-order valence-electron chi connectivity index (χ0n) is 18.7. The fraction of sp³-hybridized carbons (Fsp3) is 0.360. The molecule has 1 aromatic carbocycles. The molecule has 3 aliphatic heterocycles. The minimum Gasteiger partial charge on any atom is -0.351 e. The predicted octanol–water partition coefficient (Wildman–Crippen LogP) is 3.83. The number of piperazine rings is 1. The average molecular weight is 442 g/mol. The number of nitrogens with one attached hydrogen (secondary N) is 2. The average Bonchev–Trinajstić information content (AvgIpc) is 3.34. The molecule has 2 fully saturated rings. The van der Waals surface area contributed by atoms with Crippen LogP contribution in [0.4, 0.5) is 11.6 Å². The maximum absolute atomic E-state index is 13.2. The number of hydrogen-bond acceptors (Lipinski definition) is 6. The van der Waals surface area contributed by atoms with Crippen molar-refractivity contribution in [2.45, 2.75) is 37.8 Å². The van der Waals surface area contributed by atoms with Crippen molar-refractivity contribution in [3.63, 3.8) is 0 Å². The molecule has 5 heterocycles. The van der Waals surface area contributed by atoms with Crippen LogP contribution < -0.4 is 5.32 Å². The molecule has 1 unspecified atom stereocenters. The summed E-state index contributed by atoms with van der Waals surface area (Å²) < 4.78 is 0. The molecule has 168 valence electrons. The van der Waals surface area contributed by atoms with E-state index in [1.165, 1.54) is 12.8 Å². The lowest BCUT2D eigenvalue weighted by Gasteiger charge is -2.38. The Hall–Kier alpha value is -3.52. The number of hydrogen-bond donors (Lipinski definition) is 2. The number of carbonyl (C=O) groups excluding carboxylic acids is 1. The zero-order chi connectivity index (χ0) is 22.4. The van der Waals surface area contributed by atoms with E-state index < -0.39 is 0 Å². The van der Waals surface area contributed by atoms with Gasteiger partial charge >= 0.3 is 0 Å². The second-order valence-corrected chi connectivity index (χ2v) is 9.11. The van der Waals surface area contributed by atoms with Gasteiger partial charge in [0.1, 0.15) is 5.69 Å². The summed E-state index contributed by atoms with van der Waals surface area (Å²) >= 11 is 0. The van der Waals surface area contributed by atoms with Crippen molar-refractivity contribution in [2.24, 2.45) is 4.99 Å². The molecule has 8 nitrogen and oxygen atoms in total. The molecule has 2 N–H and O–H groups in total. The van der Waals surface area contributed by atoms with Gasteiger partial charge in [0.15, 0.2) is 0 Å². The normalized spacial score (nSPS) is 22.6. The molecular formula is C25H27N7O. The number of aromatic nitrogens is 3. The van der Waals surface area contributed by atoms with E-state index in [9.17, 15) is 4.79 Å². The number of rotatable bonds is 4.